The largest absolute Gasteiger partial charge is 0.366 e. The molecule has 5 nitrogen and oxygen atoms in total. The van der Waals surface area contributed by atoms with E-state index in [1.165, 1.54) is 6.42 Å². The molecular formula is C16H21N3O2. The normalized spacial score (nSPS) is 27.9. The average Bonchev–Trinajstić information content (AvgIpc) is 2.92. The Morgan fingerprint density at radius 1 is 1.33 bits per heavy atom. The number of nitrogens with one attached hydrogen (secondary N) is 2. The molecule has 2 aliphatic rings. The van der Waals surface area contributed by atoms with E-state index in [-0.39, 0.29) is 11.3 Å². The third kappa shape index (κ3) is 2.53. The van der Waals surface area contributed by atoms with Gasteiger partial charge in [0.05, 0.1) is 5.41 Å². The molecule has 0 radical (unpaired) electrons. The number of hydrogen-bond donors (Lipinski definition) is 3. The van der Waals surface area contributed by atoms with Crippen molar-refractivity contribution in [2.24, 2.45) is 17.1 Å². The lowest BCUT2D eigenvalue weighted by Crippen LogP contribution is -2.44. The molecular weight excluding hydrogens is 266 g/mol. The number of hydrogen-bond acceptors (Lipinski definition) is 3. The van der Waals surface area contributed by atoms with E-state index in [0.29, 0.717) is 17.2 Å². The van der Waals surface area contributed by atoms with Crippen LogP contribution in [0.25, 0.3) is 0 Å². The quantitative estimate of drug-likeness (QED) is 0.787. The number of fused-ring (bicyclic) bond motifs is 1. The van der Waals surface area contributed by atoms with E-state index >= 15 is 0 Å². The molecule has 4 N–H and O–H groups in total. The summed E-state index contributed by atoms with van der Waals surface area (Å²) in [6.07, 6.45) is 4.36. The van der Waals surface area contributed by atoms with E-state index in [4.69, 9.17) is 5.73 Å². The van der Waals surface area contributed by atoms with Gasteiger partial charge in [-0.25, -0.2) is 0 Å². The molecule has 2 atom stereocenters. The van der Waals surface area contributed by atoms with Gasteiger partial charge in [-0.15, -0.1) is 0 Å². The highest BCUT2D eigenvalue weighted by molar-refractivity contribution is 5.98. The Kier molecular flexibility index (Phi) is 3.68. The van der Waals surface area contributed by atoms with E-state index in [9.17, 15) is 9.59 Å². The molecule has 1 heterocycles. The molecule has 0 unspecified atom stereocenters. The van der Waals surface area contributed by atoms with Crippen LogP contribution in [0.1, 0.15) is 36.0 Å². The highest BCUT2D eigenvalue weighted by Crippen LogP contribution is 2.44. The van der Waals surface area contributed by atoms with E-state index < -0.39 is 5.91 Å². The van der Waals surface area contributed by atoms with Crippen molar-refractivity contribution in [3.05, 3.63) is 29.8 Å². The van der Waals surface area contributed by atoms with Crippen molar-refractivity contribution >= 4 is 17.5 Å². The minimum Gasteiger partial charge on any atom is -0.366 e. The Morgan fingerprint density at radius 2 is 2.19 bits per heavy atom. The lowest BCUT2D eigenvalue weighted by Gasteiger charge is -2.37. The number of carbonyl (C=O) groups is 2. The Balaban J connectivity index is 1.79. The number of benzene rings is 1. The van der Waals surface area contributed by atoms with E-state index in [1.807, 2.05) is 0 Å². The van der Waals surface area contributed by atoms with Gasteiger partial charge in [-0.2, -0.15) is 0 Å². The summed E-state index contributed by atoms with van der Waals surface area (Å²) in [4.78, 5) is 24.0. The molecule has 112 valence electrons. The topological polar surface area (TPSA) is 84.2 Å². The van der Waals surface area contributed by atoms with Crippen LogP contribution in [0.5, 0.6) is 0 Å². The molecule has 0 spiro atoms. The second kappa shape index (κ2) is 5.48. The molecule has 0 bridgehead atoms. The molecule has 1 aliphatic heterocycles. The molecule has 5 heteroatoms. The van der Waals surface area contributed by atoms with Gasteiger partial charge in [0.1, 0.15) is 0 Å². The van der Waals surface area contributed by atoms with Gasteiger partial charge in [-0.1, -0.05) is 18.9 Å². The summed E-state index contributed by atoms with van der Waals surface area (Å²) in [5.41, 5.74) is 6.04. The zero-order valence-electron chi connectivity index (χ0n) is 12.0. The SMILES string of the molecule is NC(=O)c1cccc(NC(=O)[C@@]23CCCC[C@H]2CNC3)c1. The minimum absolute atomic E-state index is 0.0684. The van der Waals surface area contributed by atoms with Crippen LogP contribution in [0.3, 0.4) is 0 Å². The minimum atomic E-state index is -0.484. The molecule has 0 aromatic heterocycles. The van der Waals surface area contributed by atoms with Gasteiger partial charge in [-0.3, -0.25) is 9.59 Å². The van der Waals surface area contributed by atoms with Crippen LogP contribution < -0.4 is 16.4 Å². The molecule has 1 aromatic carbocycles. The van der Waals surface area contributed by atoms with Gasteiger partial charge < -0.3 is 16.4 Å². The maximum absolute atomic E-state index is 12.8. The third-order valence-electron chi connectivity index (χ3n) is 4.90. The number of nitrogens with two attached hydrogens (primary N) is 1. The van der Waals surface area contributed by atoms with Crippen molar-refractivity contribution in [2.75, 3.05) is 18.4 Å². The average molecular weight is 287 g/mol. The highest BCUT2D eigenvalue weighted by atomic mass is 16.2. The van der Waals surface area contributed by atoms with Crippen LogP contribution in [-0.4, -0.2) is 24.9 Å². The maximum Gasteiger partial charge on any atom is 0.248 e. The first-order chi connectivity index (χ1) is 10.1. The first kappa shape index (κ1) is 14.1. The fraction of sp³-hybridized carbons (Fsp3) is 0.500. The van der Waals surface area contributed by atoms with E-state index in [2.05, 4.69) is 10.6 Å². The molecule has 21 heavy (non-hydrogen) atoms. The first-order valence-electron chi connectivity index (χ1n) is 7.54. The van der Waals surface area contributed by atoms with Gasteiger partial charge in [-0.05, 0) is 43.5 Å². The van der Waals surface area contributed by atoms with Crippen molar-refractivity contribution in [3.63, 3.8) is 0 Å². The number of carbonyl (C=O) groups excluding carboxylic acids is 2. The van der Waals surface area contributed by atoms with Crippen molar-refractivity contribution in [1.82, 2.24) is 5.32 Å². The van der Waals surface area contributed by atoms with Crippen molar-refractivity contribution < 1.29 is 9.59 Å². The summed E-state index contributed by atoms with van der Waals surface area (Å²) >= 11 is 0. The summed E-state index contributed by atoms with van der Waals surface area (Å²) in [6.45, 7) is 1.67. The van der Waals surface area contributed by atoms with Crippen LogP contribution >= 0.6 is 0 Å². The Labute approximate surface area is 124 Å². The van der Waals surface area contributed by atoms with Crippen molar-refractivity contribution in [3.8, 4) is 0 Å². The van der Waals surface area contributed by atoms with Crippen LogP contribution in [0.15, 0.2) is 24.3 Å². The van der Waals surface area contributed by atoms with Gasteiger partial charge in [0.2, 0.25) is 11.8 Å². The standard InChI is InChI=1S/C16H21N3O2/c17-14(20)11-4-3-6-13(8-11)19-15(21)16-7-2-1-5-12(16)9-18-10-16/h3-4,6,8,12,18H,1-2,5,7,9-10H2,(H2,17,20)(H,19,21)/t12-,16+/m0/s1. The second-order valence-corrected chi connectivity index (χ2v) is 6.13. The Bertz CT molecular complexity index is 572. The lowest BCUT2D eigenvalue weighted by molar-refractivity contribution is -0.128. The zero-order chi connectivity index (χ0) is 14.9. The van der Waals surface area contributed by atoms with Crippen LogP contribution in [-0.2, 0) is 4.79 Å². The van der Waals surface area contributed by atoms with Crippen molar-refractivity contribution in [1.29, 1.82) is 0 Å². The second-order valence-electron chi connectivity index (χ2n) is 6.13. The summed E-state index contributed by atoms with van der Waals surface area (Å²) in [5, 5.41) is 6.35. The molecule has 2 amide bonds. The zero-order valence-corrected chi connectivity index (χ0v) is 12.0. The third-order valence-corrected chi connectivity index (χ3v) is 4.90. The lowest BCUT2D eigenvalue weighted by atomic mass is 9.67. The fourth-order valence-corrected chi connectivity index (χ4v) is 3.70. The first-order valence-corrected chi connectivity index (χ1v) is 7.54. The smallest absolute Gasteiger partial charge is 0.248 e. The molecule has 1 saturated carbocycles. The molecule has 1 aliphatic carbocycles. The molecule has 2 fully saturated rings. The number of rotatable bonds is 3. The summed E-state index contributed by atoms with van der Waals surface area (Å²) < 4.78 is 0. The van der Waals surface area contributed by atoms with Gasteiger partial charge >= 0.3 is 0 Å². The number of amides is 2. The predicted octanol–water partition coefficient (Wildman–Crippen LogP) is 1.50. The summed E-state index contributed by atoms with van der Waals surface area (Å²) in [7, 11) is 0. The maximum atomic E-state index is 12.8. The number of primary amides is 1. The highest BCUT2D eigenvalue weighted by Gasteiger charge is 2.49. The molecule has 1 aromatic rings. The Hall–Kier alpha value is -1.88. The van der Waals surface area contributed by atoms with Crippen LogP contribution in [0.2, 0.25) is 0 Å². The van der Waals surface area contributed by atoms with Crippen LogP contribution in [0, 0.1) is 11.3 Å². The van der Waals surface area contributed by atoms with Gasteiger partial charge in [0.15, 0.2) is 0 Å². The Morgan fingerprint density at radius 3 is 3.00 bits per heavy atom. The van der Waals surface area contributed by atoms with E-state index in [0.717, 1.165) is 32.4 Å². The fourth-order valence-electron chi connectivity index (χ4n) is 3.70. The summed E-state index contributed by atoms with van der Waals surface area (Å²) in [5.74, 6) is 0.00623. The van der Waals surface area contributed by atoms with Gasteiger partial charge in [0, 0.05) is 17.8 Å². The molecule has 1 saturated heterocycles. The van der Waals surface area contributed by atoms with Crippen LogP contribution in [0.4, 0.5) is 5.69 Å². The summed E-state index contributed by atoms with van der Waals surface area (Å²) in [6, 6.07) is 6.81. The van der Waals surface area contributed by atoms with Gasteiger partial charge in [0.25, 0.3) is 0 Å². The number of anilines is 1. The van der Waals surface area contributed by atoms with Crippen molar-refractivity contribution in [2.45, 2.75) is 25.7 Å². The van der Waals surface area contributed by atoms with E-state index in [1.54, 1.807) is 24.3 Å². The monoisotopic (exact) mass is 287 g/mol. The predicted molar refractivity (Wildman–Crippen MR) is 80.9 cm³/mol. The molecule has 3 rings (SSSR count).